The summed E-state index contributed by atoms with van der Waals surface area (Å²) in [7, 11) is 1.98. The lowest BCUT2D eigenvalue weighted by atomic mass is 10.2. The predicted molar refractivity (Wildman–Crippen MR) is 94.2 cm³/mol. The van der Waals surface area contributed by atoms with E-state index >= 15 is 0 Å². The summed E-state index contributed by atoms with van der Waals surface area (Å²) >= 11 is 1.48. The van der Waals surface area contributed by atoms with Gasteiger partial charge in [-0.25, -0.2) is 9.97 Å². The van der Waals surface area contributed by atoms with Crippen LogP contribution in [-0.4, -0.2) is 26.1 Å². The first-order chi connectivity index (χ1) is 11.0. The van der Waals surface area contributed by atoms with Crippen LogP contribution in [-0.2, 0) is 7.05 Å². The van der Waals surface area contributed by atoms with Crippen LogP contribution in [0.5, 0.6) is 0 Å². The Kier molecular flexibility index (Phi) is 4.22. The molecule has 0 radical (unpaired) electrons. The molecule has 3 aromatic rings. The van der Waals surface area contributed by atoms with E-state index in [1.165, 1.54) is 11.8 Å². The number of nitrogens with zero attached hydrogens (tertiary/aromatic N) is 3. The first-order valence-corrected chi connectivity index (χ1v) is 8.48. The van der Waals surface area contributed by atoms with E-state index in [4.69, 9.17) is 0 Å². The van der Waals surface area contributed by atoms with E-state index in [9.17, 15) is 4.79 Å². The molecule has 0 N–H and O–H groups in total. The molecule has 0 atom stereocenters. The number of rotatable bonds is 4. The molecule has 0 amide bonds. The maximum Gasteiger partial charge on any atom is 0.174 e. The first kappa shape index (κ1) is 15.7. The lowest BCUT2D eigenvalue weighted by molar-refractivity contribution is 0.102. The van der Waals surface area contributed by atoms with Crippen molar-refractivity contribution in [3.63, 3.8) is 0 Å². The largest absolute Gasteiger partial charge is 0.351 e. The smallest absolute Gasteiger partial charge is 0.174 e. The molecule has 0 aliphatic carbocycles. The molecule has 0 bridgehead atoms. The van der Waals surface area contributed by atoms with Gasteiger partial charge in [-0.1, -0.05) is 30.0 Å². The molecule has 2 aromatic heterocycles. The predicted octanol–water partition coefficient (Wildman–Crippen LogP) is 3.87. The van der Waals surface area contributed by atoms with Gasteiger partial charge in [-0.15, -0.1) is 0 Å². The average molecular weight is 325 g/mol. The minimum absolute atomic E-state index is 0.136. The van der Waals surface area contributed by atoms with Crippen LogP contribution in [0.1, 0.15) is 27.6 Å². The van der Waals surface area contributed by atoms with E-state index in [1.807, 2.05) is 62.7 Å². The van der Waals surface area contributed by atoms with Gasteiger partial charge in [0.1, 0.15) is 10.9 Å². The molecule has 2 heterocycles. The number of aryl methyl sites for hydroxylation is 2. The highest BCUT2D eigenvalue weighted by Gasteiger charge is 2.15. The van der Waals surface area contributed by atoms with Gasteiger partial charge >= 0.3 is 0 Å². The Morgan fingerprint density at radius 2 is 1.91 bits per heavy atom. The summed E-state index contributed by atoms with van der Waals surface area (Å²) < 4.78 is 2.04. The quantitative estimate of drug-likeness (QED) is 0.415. The van der Waals surface area contributed by atoms with Crippen LogP contribution in [0.3, 0.4) is 0 Å². The third kappa shape index (κ3) is 3.01. The number of fused-ring (bicyclic) bond motifs is 1. The fraction of sp³-hybridized carbons (Fsp3) is 0.278. The number of carbonyl (C=O) groups excluding carboxylic acids is 1. The molecular weight excluding hydrogens is 306 g/mol. The van der Waals surface area contributed by atoms with Crippen molar-refractivity contribution in [1.29, 1.82) is 0 Å². The molecule has 0 saturated heterocycles. The van der Waals surface area contributed by atoms with Gasteiger partial charge in [0, 0.05) is 29.4 Å². The Morgan fingerprint density at radius 3 is 2.61 bits per heavy atom. The van der Waals surface area contributed by atoms with Crippen LogP contribution < -0.4 is 0 Å². The van der Waals surface area contributed by atoms with Crippen LogP contribution >= 0.6 is 11.8 Å². The fourth-order valence-corrected chi connectivity index (χ4v) is 3.57. The highest BCUT2D eigenvalue weighted by Crippen LogP contribution is 2.26. The highest BCUT2D eigenvalue weighted by atomic mass is 32.2. The summed E-state index contributed by atoms with van der Waals surface area (Å²) in [6.45, 7) is 5.87. The minimum Gasteiger partial charge on any atom is -0.351 e. The molecule has 4 nitrogen and oxygen atoms in total. The number of carbonyl (C=O) groups is 1. The van der Waals surface area contributed by atoms with Crippen LogP contribution in [0, 0.1) is 20.8 Å². The van der Waals surface area contributed by atoms with Gasteiger partial charge in [0.25, 0.3) is 0 Å². The van der Waals surface area contributed by atoms with Crippen molar-refractivity contribution in [2.24, 2.45) is 7.05 Å². The summed E-state index contributed by atoms with van der Waals surface area (Å²) in [6, 6.07) is 9.86. The third-order valence-electron chi connectivity index (χ3n) is 4.10. The molecule has 5 heteroatoms. The van der Waals surface area contributed by atoms with Gasteiger partial charge in [0.2, 0.25) is 0 Å². The molecule has 3 rings (SSSR count). The van der Waals surface area contributed by atoms with Crippen molar-refractivity contribution in [3.05, 3.63) is 53.1 Å². The summed E-state index contributed by atoms with van der Waals surface area (Å²) in [4.78, 5) is 21.5. The van der Waals surface area contributed by atoms with E-state index in [0.29, 0.717) is 5.75 Å². The van der Waals surface area contributed by atoms with Gasteiger partial charge in [0.05, 0.1) is 11.3 Å². The number of aromatic nitrogens is 3. The van der Waals surface area contributed by atoms with Gasteiger partial charge in [-0.3, -0.25) is 4.79 Å². The monoisotopic (exact) mass is 325 g/mol. The van der Waals surface area contributed by atoms with Gasteiger partial charge in [0.15, 0.2) is 5.78 Å². The van der Waals surface area contributed by atoms with E-state index in [2.05, 4.69) is 9.97 Å². The zero-order chi connectivity index (χ0) is 16.6. The molecule has 118 valence electrons. The third-order valence-corrected chi connectivity index (χ3v) is 5.09. The number of hydrogen-bond donors (Lipinski definition) is 0. The number of ketones is 1. The molecular formula is C18H19N3OS. The zero-order valence-corrected chi connectivity index (χ0v) is 14.6. The van der Waals surface area contributed by atoms with Gasteiger partial charge < -0.3 is 4.57 Å². The van der Waals surface area contributed by atoms with Crippen LogP contribution in [0.4, 0.5) is 0 Å². The second-order valence-corrected chi connectivity index (χ2v) is 6.61. The molecule has 0 fully saturated rings. The SMILES string of the molecule is Cc1nc(SCC(=O)c2cc(C)n(C)c2C)c2ccccc2n1. The van der Waals surface area contributed by atoms with Crippen molar-refractivity contribution < 1.29 is 4.79 Å². The maximum absolute atomic E-state index is 12.5. The van der Waals surface area contributed by atoms with Crippen LogP contribution in [0.25, 0.3) is 10.9 Å². The van der Waals surface area contributed by atoms with E-state index in [0.717, 1.165) is 38.7 Å². The Balaban J connectivity index is 1.86. The molecule has 1 aromatic carbocycles. The second-order valence-electron chi connectivity index (χ2n) is 5.65. The van der Waals surface area contributed by atoms with Crippen LogP contribution in [0.2, 0.25) is 0 Å². The number of benzene rings is 1. The topological polar surface area (TPSA) is 47.8 Å². The number of thioether (sulfide) groups is 1. The van der Waals surface area contributed by atoms with Crippen molar-refractivity contribution >= 4 is 28.4 Å². The molecule has 23 heavy (non-hydrogen) atoms. The summed E-state index contributed by atoms with van der Waals surface area (Å²) in [5.41, 5.74) is 3.82. The molecule has 0 aliphatic rings. The summed E-state index contributed by atoms with van der Waals surface area (Å²) in [5, 5.41) is 1.86. The summed E-state index contributed by atoms with van der Waals surface area (Å²) in [5.74, 6) is 1.24. The maximum atomic E-state index is 12.5. The van der Waals surface area contributed by atoms with Crippen molar-refractivity contribution in [2.45, 2.75) is 25.8 Å². The minimum atomic E-state index is 0.136. The molecule has 0 aliphatic heterocycles. The Hall–Kier alpha value is -2.14. The lowest BCUT2D eigenvalue weighted by Crippen LogP contribution is -2.05. The van der Waals surface area contributed by atoms with Crippen molar-refractivity contribution in [2.75, 3.05) is 5.75 Å². The Labute approximate surface area is 140 Å². The number of hydrogen-bond acceptors (Lipinski definition) is 4. The lowest BCUT2D eigenvalue weighted by Gasteiger charge is -2.06. The van der Waals surface area contributed by atoms with Gasteiger partial charge in [-0.05, 0) is 32.9 Å². The average Bonchev–Trinajstić information content (AvgIpc) is 2.79. The first-order valence-electron chi connectivity index (χ1n) is 7.49. The normalized spacial score (nSPS) is 11.1. The molecule has 0 spiro atoms. The number of Topliss-reactive ketones (excluding diaryl/α,β-unsaturated/α-hetero) is 1. The summed E-state index contributed by atoms with van der Waals surface area (Å²) in [6.07, 6.45) is 0. The van der Waals surface area contributed by atoms with E-state index in [1.54, 1.807) is 0 Å². The standard InChI is InChI=1S/C18H19N3OS/c1-11-9-15(12(2)21(11)4)17(22)10-23-18-14-7-5-6-8-16(14)19-13(3)20-18/h5-9H,10H2,1-4H3. The van der Waals surface area contributed by atoms with Crippen LogP contribution in [0.15, 0.2) is 35.4 Å². The van der Waals surface area contributed by atoms with E-state index in [-0.39, 0.29) is 5.78 Å². The van der Waals surface area contributed by atoms with Crippen molar-refractivity contribution in [1.82, 2.24) is 14.5 Å². The van der Waals surface area contributed by atoms with E-state index < -0.39 is 0 Å². The highest BCUT2D eigenvalue weighted by molar-refractivity contribution is 8.00. The Bertz CT molecular complexity index is 899. The number of para-hydroxylation sites is 1. The second kappa shape index (κ2) is 6.16. The van der Waals surface area contributed by atoms with Crippen molar-refractivity contribution in [3.8, 4) is 0 Å². The molecule has 0 saturated carbocycles. The zero-order valence-electron chi connectivity index (χ0n) is 13.8. The molecule has 0 unspecified atom stereocenters. The fourth-order valence-electron chi connectivity index (χ4n) is 2.62. The van der Waals surface area contributed by atoms with Gasteiger partial charge in [-0.2, -0.15) is 0 Å². The Morgan fingerprint density at radius 1 is 1.17 bits per heavy atom.